The molecule has 1 unspecified atom stereocenters. The number of para-hydroxylation sites is 2. The lowest BCUT2D eigenvalue weighted by Crippen LogP contribution is -2.20. The molecule has 2 aromatic rings. The van der Waals surface area contributed by atoms with Crippen molar-refractivity contribution in [3.63, 3.8) is 0 Å². The largest absolute Gasteiger partial charge is 0.478 e. The summed E-state index contributed by atoms with van der Waals surface area (Å²) in [5, 5.41) is 27.0. The third-order valence-electron chi connectivity index (χ3n) is 3.89. The van der Waals surface area contributed by atoms with Crippen LogP contribution in [-0.4, -0.2) is 16.0 Å². The van der Waals surface area contributed by atoms with Crippen molar-refractivity contribution in [2.45, 2.75) is 13.0 Å². The fraction of sp³-hybridized carbons (Fsp3) is 0.118. The first-order chi connectivity index (χ1) is 11.5. The lowest BCUT2D eigenvalue weighted by Gasteiger charge is -2.20. The van der Waals surface area contributed by atoms with E-state index >= 15 is 0 Å². The van der Waals surface area contributed by atoms with Gasteiger partial charge in [0.05, 0.1) is 27.9 Å². The third kappa shape index (κ3) is 2.79. The monoisotopic (exact) mass is 325 g/mol. The number of non-ortho nitro benzene ring substituents is 1. The Balaban J connectivity index is 2.15. The minimum atomic E-state index is -1.09. The Morgan fingerprint density at radius 2 is 1.88 bits per heavy atom. The van der Waals surface area contributed by atoms with Gasteiger partial charge in [0, 0.05) is 17.8 Å². The lowest BCUT2D eigenvalue weighted by molar-refractivity contribution is -0.384. The number of nitro groups is 1. The number of allylic oxidation sites excluding steroid dienone is 1. The number of benzene rings is 2. The van der Waals surface area contributed by atoms with Crippen molar-refractivity contribution in [2.24, 2.45) is 0 Å². The van der Waals surface area contributed by atoms with Gasteiger partial charge in [-0.05, 0) is 24.6 Å². The van der Waals surface area contributed by atoms with Crippen LogP contribution in [0.1, 0.15) is 18.5 Å². The molecule has 2 aromatic carbocycles. The van der Waals surface area contributed by atoms with Gasteiger partial charge in [-0.1, -0.05) is 24.3 Å². The van der Waals surface area contributed by atoms with Crippen LogP contribution in [0.5, 0.6) is 0 Å². The summed E-state index contributed by atoms with van der Waals surface area (Å²) in [7, 11) is 0. The molecule has 0 spiro atoms. The van der Waals surface area contributed by atoms with Crippen LogP contribution >= 0.6 is 0 Å². The van der Waals surface area contributed by atoms with Crippen LogP contribution in [0.15, 0.2) is 59.8 Å². The smallest absolute Gasteiger partial charge is 0.335 e. The number of fused-ring (bicyclic) bond motifs is 1. The van der Waals surface area contributed by atoms with Crippen LogP contribution in [-0.2, 0) is 4.79 Å². The summed E-state index contributed by atoms with van der Waals surface area (Å²) in [6.45, 7) is 1.68. The van der Waals surface area contributed by atoms with E-state index in [1.54, 1.807) is 19.1 Å². The predicted molar refractivity (Wildman–Crippen MR) is 89.9 cm³/mol. The number of hydrogen-bond donors (Lipinski definition) is 3. The molecule has 7 heteroatoms. The van der Waals surface area contributed by atoms with Gasteiger partial charge in [0.25, 0.3) is 5.69 Å². The highest BCUT2D eigenvalue weighted by Gasteiger charge is 2.29. The molecule has 7 nitrogen and oxygen atoms in total. The first-order valence-electron chi connectivity index (χ1n) is 7.28. The number of aliphatic carboxylic acids is 1. The maximum Gasteiger partial charge on any atom is 0.335 e. The standard InChI is InChI=1S/C17H15N3O4/c1-10-15(17(21)22)16(11-5-4-6-12(9-11)20(23)24)19-14-8-3-2-7-13(14)18-10/h2-9,16,18-19H,1H3,(H,21,22). The van der Waals surface area contributed by atoms with E-state index in [0.29, 0.717) is 11.3 Å². The fourth-order valence-electron chi connectivity index (χ4n) is 2.78. The zero-order valence-corrected chi connectivity index (χ0v) is 12.8. The molecule has 0 bridgehead atoms. The van der Waals surface area contributed by atoms with Gasteiger partial charge in [0.15, 0.2) is 0 Å². The summed E-state index contributed by atoms with van der Waals surface area (Å²) in [4.78, 5) is 22.3. The van der Waals surface area contributed by atoms with Gasteiger partial charge in [-0.3, -0.25) is 10.1 Å². The van der Waals surface area contributed by atoms with Crippen LogP contribution in [0.25, 0.3) is 0 Å². The quantitative estimate of drug-likeness (QED) is 0.589. The maximum atomic E-state index is 11.8. The Hall–Kier alpha value is -3.35. The number of carbonyl (C=O) groups is 1. The molecule has 0 fully saturated rings. The summed E-state index contributed by atoms with van der Waals surface area (Å²) in [6, 6.07) is 12.6. The Labute approximate surface area is 137 Å². The van der Waals surface area contributed by atoms with Crippen molar-refractivity contribution in [2.75, 3.05) is 10.6 Å². The molecule has 24 heavy (non-hydrogen) atoms. The third-order valence-corrected chi connectivity index (χ3v) is 3.89. The molecule has 0 radical (unpaired) electrons. The van der Waals surface area contributed by atoms with Gasteiger partial charge in [-0.25, -0.2) is 4.79 Å². The van der Waals surface area contributed by atoms with Crippen molar-refractivity contribution >= 4 is 23.0 Å². The van der Waals surface area contributed by atoms with Crippen LogP contribution in [0.2, 0.25) is 0 Å². The minimum absolute atomic E-state index is 0.0813. The Kier molecular flexibility index (Phi) is 3.91. The zero-order valence-electron chi connectivity index (χ0n) is 12.8. The number of nitrogens with zero attached hydrogens (tertiary/aromatic N) is 1. The molecule has 1 aliphatic rings. The highest BCUT2D eigenvalue weighted by Crippen LogP contribution is 2.37. The fourth-order valence-corrected chi connectivity index (χ4v) is 2.78. The second-order valence-corrected chi connectivity index (χ2v) is 5.44. The lowest BCUT2D eigenvalue weighted by atomic mass is 9.96. The van der Waals surface area contributed by atoms with Crippen molar-refractivity contribution in [1.82, 2.24) is 0 Å². The van der Waals surface area contributed by atoms with E-state index in [1.807, 2.05) is 24.3 Å². The molecule has 3 N–H and O–H groups in total. The summed E-state index contributed by atoms with van der Waals surface area (Å²) in [5.41, 5.74) is 2.51. The molecule has 3 rings (SSSR count). The first-order valence-corrected chi connectivity index (χ1v) is 7.28. The van der Waals surface area contributed by atoms with Crippen LogP contribution < -0.4 is 10.6 Å². The molecular weight excluding hydrogens is 310 g/mol. The number of carboxylic acid groups (broad SMARTS) is 1. The summed E-state index contributed by atoms with van der Waals surface area (Å²) < 4.78 is 0. The number of nitro benzene ring substituents is 1. The molecule has 1 heterocycles. The molecule has 1 aliphatic heterocycles. The van der Waals surface area contributed by atoms with Gasteiger partial charge < -0.3 is 15.7 Å². The second-order valence-electron chi connectivity index (χ2n) is 5.44. The summed E-state index contributed by atoms with van der Waals surface area (Å²) in [6.07, 6.45) is 0. The van der Waals surface area contributed by atoms with Crippen molar-refractivity contribution < 1.29 is 14.8 Å². The number of rotatable bonds is 3. The number of nitrogens with one attached hydrogen (secondary N) is 2. The van der Waals surface area contributed by atoms with Gasteiger partial charge in [-0.2, -0.15) is 0 Å². The summed E-state index contributed by atoms with van der Waals surface area (Å²) >= 11 is 0. The molecule has 122 valence electrons. The van der Waals surface area contributed by atoms with E-state index in [2.05, 4.69) is 10.6 Å². The van der Waals surface area contributed by atoms with Gasteiger partial charge in [0.1, 0.15) is 0 Å². The molecular formula is C17H15N3O4. The van der Waals surface area contributed by atoms with Gasteiger partial charge in [-0.15, -0.1) is 0 Å². The molecule has 0 aliphatic carbocycles. The molecule has 0 aromatic heterocycles. The number of carboxylic acids is 1. The first kappa shape index (κ1) is 15.5. The topological polar surface area (TPSA) is 104 Å². The van der Waals surface area contributed by atoms with Crippen molar-refractivity contribution in [3.8, 4) is 0 Å². The Morgan fingerprint density at radius 3 is 2.54 bits per heavy atom. The van der Waals surface area contributed by atoms with E-state index < -0.39 is 16.9 Å². The van der Waals surface area contributed by atoms with E-state index in [4.69, 9.17) is 0 Å². The highest BCUT2D eigenvalue weighted by molar-refractivity contribution is 5.92. The van der Waals surface area contributed by atoms with E-state index in [0.717, 1.165) is 11.4 Å². The normalized spacial score (nSPS) is 16.5. The summed E-state index contributed by atoms with van der Waals surface area (Å²) in [5.74, 6) is -1.09. The average Bonchev–Trinajstić information content (AvgIpc) is 2.70. The van der Waals surface area contributed by atoms with E-state index in [9.17, 15) is 20.0 Å². The van der Waals surface area contributed by atoms with Crippen molar-refractivity contribution in [1.29, 1.82) is 0 Å². The second kappa shape index (κ2) is 6.04. The Morgan fingerprint density at radius 1 is 1.17 bits per heavy atom. The number of hydrogen-bond acceptors (Lipinski definition) is 5. The van der Waals surface area contributed by atoms with Gasteiger partial charge >= 0.3 is 5.97 Å². The molecule has 1 atom stereocenters. The van der Waals surface area contributed by atoms with Gasteiger partial charge in [0.2, 0.25) is 0 Å². The van der Waals surface area contributed by atoms with Crippen LogP contribution in [0.4, 0.5) is 17.1 Å². The van der Waals surface area contributed by atoms with Crippen molar-refractivity contribution in [3.05, 3.63) is 75.5 Å². The Bertz CT molecular complexity index is 860. The zero-order chi connectivity index (χ0) is 17.3. The van der Waals surface area contributed by atoms with Crippen LogP contribution in [0.3, 0.4) is 0 Å². The predicted octanol–water partition coefficient (Wildman–Crippen LogP) is 3.53. The molecule has 0 amide bonds. The molecule has 0 saturated carbocycles. The molecule has 0 saturated heterocycles. The maximum absolute atomic E-state index is 11.8. The van der Waals surface area contributed by atoms with E-state index in [1.165, 1.54) is 12.1 Å². The highest BCUT2D eigenvalue weighted by atomic mass is 16.6. The number of anilines is 2. The average molecular weight is 325 g/mol. The SMILES string of the molecule is CC1=C(C(=O)O)C(c2cccc([N+](=O)[O-])c2)Nc2ccccc2N1. The van der Waals surface area contributed by atoms with Crippen LogP contribution in [0, 0.1) is 10.1 Å². The minimum Gasteiger partial charge on any atom is -0.478 e. The van der Waals surface area contributed by atoms with E-state index in [-0.39, 0.29) is 11.3 Å².